The second kappa shape index (κ2) is 4.18. The third kappa shape index (κ3) is 2.11. The zero-order valence-electron chi connectivity index (χ0n) is 10.7. The van der Waals surface area contributed by atoms with Gasteiger partial charge in [-0.2, -0.15) is 0 Å². The number of nitrogens with one attached hydrogen (secondary N) is 1. The second-order valence-corrected chi connectivity index (χ2v) is 5.38. The first-order valence-electron chi connectivity index (χ1n) is 6.30. The van der Waals surface area contributed by atoms with Gasteiger partial charge in [0.2, 0.25) is 5.65 Å². The summed E-state index contributed by atoms with van der Waals surface area (Å²) in [5.74, 6) is 0.523. The van der Waals surface area contributed by atoms with Crippen molar-refractivity contribution in [1.29, 1.82) is 0 Å². The standard InChI is InChI=1S/C12H15N5O2/c1-12(5-2-6-12)8-14-9-3-4-10-13-7-11(17(18)19)16(10)15-9/h3-4,7H,2,5-6,8H2,1H3,(H,14,15). The molecule has 0 bridgehead atoms. The summed E-state index contributed by atoms with van der Waals surface area (Å²) >= 11 is 0. The van der Waals surface area contributed by atoms with Gasteiger partial charge in [0.1, 0.15) is 6.20 Å². The predicted molar refractivity (Wildman–Crippen MR) is 70.1 cm³/mol. The molecule has 3 rings (SSSR count). The van der Waals surface area contributed by atoms with E-state index in [4.69, 9.17) is 0 Å². The third-order valence-electron chi connectivity index (χ3n) is 3.79. The molecular weight excluding hydrogens is 246 g/mol. The fourth-order valence-corrected chi connectivity index (χ4v) is 2.34. The lowest BCUT2D eigenvalue weighted by Gasteiger charge is -2.38. The number of hydrogen-bond donors (Lipinski definition) is 1. The first-order chi connectivity index (χ1) is 9.07. The molecule has 1 aliphatic carbocycles. The van der Waals surface area contributed by atoms with E-state index in [1.54, 1.807) is 12.1 Å². The molecule has 2 aromatic heterocycles. The number of nitro groups is 1. The number of aromatic nitrogens is 3. The lowest BCUT2D eigenvalue weighted by Crippen LogP contribution is -2.33. The molecule has 2 aromatic rings. The van der Waals surface area contributed by atoms with E-state index in [2.05, 4.69) is 22.3 Å². The van der Waals surface area contributed by atoms with E-state index in [1.165, 1.54) is 30.0 Å². The summed E-state index contributed by atoms with van der Waals surface area (Å²) in [5.41, 5.74) is 0.810. The van der Waals surface area contributed by atoms with E-state index in [0.29, 0.717) is 16.9 Å². The molecule has 0 radical (unpaired) electrons. The summed E-state index contributed by atoms with van der Waals surface area (Å²) in [7, 11) is 0. The van der Waals surface area contributed by atoms with Gasteiger partial charge >= 0.3 is 5.82 Å². The van der Waals surface area contributed by atoms with Gasteiger partial charge in [0, 0.05) is 12.6 Å². The Hall–Kier alpha value is -2.18. The van der Waals surface area contributed by atoms with Gasteiger partial charge in [0.15, 0.2) is 5.82 Å². The fourth-order valence-electron chi connectivity index (χ4n) is 2.34. The Labute approximate surface area is 109 Å². The minimum absolute atomic E-state index is 0.117. The number of imidazole rings is 1. The molecule has 0 atom stereocenters. The minimum Gasteiger partial charge on any atom is -0.366 e. The van der Waals surface area contributed by atoms with E-state index in [9.17, 15) is 10.1 Å². The first kappa shape index (κ1) is 11.9. The van der Waals surface area contributed by atoms with Crippen molar-refractivity contribution in [3.05, 3.63) is 28.4 Å². The maximum Gasteiger partial charge on any atom is 0.368 e. The zero-order valence-corrected chi connectivity index (χ0v) is 10.7. The highest BCUT2D eigenvalue weighted by atomic mass is 16.6. The van der Waals surface area contributed by atoms with Gasteiger partial charge in [-0.1, -0.05) is 23.0 Å². The minimum atomic E-state index is -0.482. The Morgan fingerprint density at radius 2 is 2.32 bits per heavy atom. The molecule has 1 fully saturated rings. The molecule has 1 aliphatic rings. The van der Waals surface area contributed by atoms with Crippen LogP contribution in [-0.4, -0.2) is 26.1 Å². The van der Waals surface area contributed by atoms with E-state index in [1.807, 2.05) is 0 Å². The summed E-state index contributed by atoms with van der Waals surface area (Å²) in [5, 5.41) is 18.3. The van der Waals surface area contributed by atoms with Gasteiger partial charge in [-0.25, -0.2) is 4.98 Å². The van der Waals surface area contributed by atoms with E-state index >= 15 is 0 Å². The maximum absolute atomic E-state index is 10.8. The van der Waals surface area contributed by atoms with Gasteiger partial charge in [0.25, 0.3) is 0 Å². The number of nitrogens with zero attached hydrogens (tertiary/aromatic N) is 4. The quantitative estimate of drug-likeness (QED) is 0.673. The van der Waals surface area contributed by atoms with Crippen LogP contribution in [0.1, 0.15) is 26.2 Å². The van der Waals surface area contributed by atoms with Crippen LogP contribution in [-0.2, 0) is 0 Å². The van der Waals surface area contributed by atoms with Crippen molar-refractivity contribution in [3.8, 4) is 0 Å². The van der Waals surface area contributed by atoms with Crippen LogP contribution in [0.25, 0.3) is 5.65 Å². The largest absolute Gasteiger partial charge is 0.368 e. The highest BCUT2D eigenvalue weighted by molar-refractivity contribution is 5.48. The average Bonchev–Trinajstić information content (AvgIpc) is 2.77. The second-order valence-electron chi connectivity index (χ2n) is 5.38. The predicted octanol–water partition coefficient (Wildman–Crippen LogP) is 2.24. The monoisotopic (exact) mass is 261 g/mol. The molecule has 2 heterocycles. The van der Waals surface area contributed by atoms with Crippen LogP contribution >= 0.6 is 0 Å². The van der Waals surface area contributed by atoms with Crippen LogP contribution in [0.2, 0.25) is 0 Å². The highest BCUT2D eigenvalue weighted by Gasteiger charge is 2.31. The van der Waals surface area contributed by atoms with Crippen LogP contribution in [0.4, 0.5) is 11.6 Å². The lowest BCUT2D eigenvalue weighted by molar-refractivity contribution is -0.391. The molecular formula is C12H15N5O2. The molecule has 1 saturated carbocycles. The van der Waals surface area contributed by atoms with Crippen LogP contribution < -0.4 is 5.32 Å². The molecule has 0 aromatic carbocycles. The lowest BCUT2D eigenvalue weighted by atomic mass is 9.70. The van der Waals surface area contributed by atoms with Crippen molar-refractivity contribution in [2.45, 2.75) is 26.2 Å². The van der Waals surface area contributed by atoms with Crippen LogP contribution in [0.3, 0.4) is 0 Å². The van der Waals surface area contributed by atoms with Crippen molar-refractivity contribution >= 4 is 17.3 Å². The first-order valence-corrected chi connectivity index (χ1v) is 6.30. The molecule has 7 heteroatoms. The number of rotatable bonds is 4. The zero-order chi connectivity index (χ0) is 13.5. The van der Waals surface area contributed by atoms with Crippen LogP contribution in [0, 0.1) is 15.5 Å². The van der Waals surface area contributed by atoms with Crippen molar-refractivity contribution in [2.75, 3.05) is 11.9 Å². The van der Waals surface area contributed by atoms with Gasteiger partial charge in [-0.15, -0.1) is 0 Å². The SMILES string of the molecule is CC1(CNc2ccc3ncc([N+](=O)[O-])n3n2)CCC1. The summed E-state index contributed by atoms with van der Waals surface area (Å²) in [6.07, 6.45) is 4.93. The Morgan fingerprint density at radius 1 is 1.53 bits per heavy atom. The Kier molecular flexibility index (Phi) is 2.62. The molecule has 19 heavy (non-hydrogen) atoms. The van der Waals surface area contributed by atoms with E-state index in [0.717, 1.165) is 6.54 Å². The Morgan fingerprint density at radius 3 is 2.95 bits per heavy atom. The molecule has 0 unspecified atom stereocenters. The molecule has 0 aliphatic heterocycles. The van der Waals surface area contributed by atoms with Crippen LogP contribution in [0.15, 0.2) is 18.3 Å². The van der Waals surface area contributed by atoms with Crippen molar-refractivity contribution < 1.29 is 4.92 Å². The van der Waals surface area contributed by atoms with E-state index < -0.39 is 4.92 Å². The Bertz CT molecular complexity index is 632. The molecule has 0 saturated heterocycles. The van der Waals surface area contributed by atoms with Gasteiger partial charge in [-0.3, -0.25) is 0 Å². The van der Waals surface area contributed by atoms with E-state index in [-0.39, 0.29) is 5.82 Å². The van der Waals surface area contributed by atoms with Gasteiger partial charge in [0.05, 0.1) is 0 Å². The summed E-state index contributed by atoms with van der Waals surface area (Å²) < 4.78 is 1.26. The summed E-state index contributed by atoms with van der Waals surface area (Å²) in [6, 6.07) is 3.53. The average molecular weight is 261 g/mol. The summed E-state index contributed by atoms with van der Waals surface area (Å²) in [4.78, 5) is 14.3. The topological polar surface area (TPSA) is 85.4 Å². The molecule has 7 nitrogen and oxygen atoms in total. The smallest absolute Gasteiger partial charge is 0.366 e. The van der Waals surface area contributed by atoms with Crippen molar-refractivity contribution in [2.24, 2.45) is 5.41 Å². The highest BCUT2D eigenvalue weighted by Crippen LogP contribution is 2.40. The van der Waals surface area contributed by atoms with Crippen molar-refractivity contribution in [3.63, 3.8) is 0 Å². The van der Waals surface area contributed by atoms with Gasteiger partial charge in [-0.05, 0) is 29.2 Å². The van der Waals surface area contributed by atoms with Crippen molar-refractivity contribution in [1.82, 2.24) is 14.6 Å². The molecule has 1 N–H and O–H groups in total. The number of anilines is 1. The molecule has 0 amide bonds. The molecule has 0 spiro atoms. The fraction of sp³-hybridized carbons (Fsp3) is 0.500. The normalized spacial score (nSPS) is 17.1. The summed E-state index contributed by atoms with van der Waals surface area (Å²) in [6.45, 7) is 3.08. The van der Waals surface area contributed by atoms with Gasteiger partial charge < -0.3 is 15.4 Å². The number of fused-ring (bicyclic) bond motifs is 1. The Balaban J connectivity index is 1.84. The maximum atomic E-state index is 10.8. The third-order valence-corrected chi connectivity index (χ3v) is 3.79. The number of hydrogen-bond acceptors (Lipinski definition) is 5. The molecule has 100 valence electrons. The van der Waals surface area contributed by atoms with Crippen LogP contribution in [0.5, 0.6) is 0 Å².